The minimum absolute atomic E-state index is 0.0781. The van der Waals surface area contributed by atoms with Gasteiger partial charge in [0.1, 0.15) is 12.8 Å². The lowest BCUT2D eigenvalue weighted by Gasteiger charge is -2.11. The minimum atomic E-state index is -0.122. The maximum Gasteiger partial charge on any atom is 0.247 e. The first kappa shape index (κ1) is 12.1. The Morgan fingerprint density at radius 3 is 2.94 bits per heavy atom. The second-order valence-electron chi connectivity index (χ2n) is 4.05. The second kappa shape index (κ2) is 6.37. The molecule has 1 unspecified atom stereocenters. The molecule has 2 rings (SSSR count). The number of carbonyl (C=O) groups excluding carboxylic acids is 1. The summed E-state index contributed by atoms with van der Waals surface area (Å²) >= 11 is 0. The summed E-state index contributed by atoms with van der Waals surface area (Å²) in [5.41, 5.74) is 1.07. The molecule has 1 N–H and O–H groups in total. The highest BCUT2D eigenvalue weighted by atomic mass is 16.5. The van der Waals surface area contributed by atoms with Crippen LogP contribution in [0.3, 0.4) is 0 Å². The number of amides is 1. The van der Waals surface area contributed by atoms with Gasteiger partial charge in [0.05, 0.1) is 6.61 Å². The van der Waals surface area contributed by atoms with E-state index in [2.05, 4.69) is 5.32 Å². The van der Waals surface area contributed by atoms with E-state index in [1.807, 2.05) is 30.3 Å². The predicted octanol–water partition coefficient (Wildman–Crippen LogP) is 1.46. The molecule has 0 saturated carbocycles. The molecule has 0 aliphatic carbocycles. The Morgan fingerprint density at radius 1 is 1.41 bits per heavy atom. The molecule has 1 aromatic rings. The van der Waals surface area contributed by atoms with Crippen molar-refractivity contribution in [2.75, 3.05) is 13.2 Å². The quantitative estimate of drug-likeness (QED) is 0.840. The van der Waals surface area contributed by atoms with Crippen molar-refractivity contribution in [3.05, 3.63) is 35.9 Å². The first-order valence-electron chi connectivity index (χ1n) is 5.87. The lowest BCUT2D eigenvalue weighted by atomic mass is 10.2. The summed E-state index contributed by atoms with van der Waals surface area (Å²) in [6, 6.07) is 9.79. The predicted molar refractivity (Wildman–Crippen MR) is 63.2 cm³/mol. The van der Waals surface area contributed by atoms with Crippen molar-refractivity contribution in [3.63, 3.8) is 0 Å². The lowest BCUT2D eigenvalue weighted by molar-refractivity contribution is -0.129. The van der Waals surface area contributed by atoms with Crippen LogP contribution in [0.25, 0.3) is 0 Å². The summed E-state index contributed by atoms with van der Waals surface area (Å²) < 4.78 is 10.6. The van der Waals surface area contributed by atoms with Crippen LogP contribution in [-0.4, -0.2) is 25.3 Å². The smallest absolute Gasteiger partial charge is 0.247 e. The molecule has 17 heavy (non-hydrogen) atoms. The van der Waals surface area contributed by atoms with Crippen molar-refractivity contribution < 1.29 is 14.3 Å². The van der Waals surface area contributed by atoms with E-state index in [9.17, 15) is 4.79 Å². The van der Waals surface area contributed by atoms with Crippen molar-refractivity contribution in [1.29, 1.82) is 0 Å². The first-order valence-corrected chi connectivity index (χ1v) is 5.87. The molecule has 1 atom stereocenters. The van der Waals surface area contributed by atoms with Crippen LogP contribution in [0.5, 0.6) is 0 Å². The molecule has 0 aromatic heterocycles. The maximum absolute atomic E-state index is 11.5. The zero-order valence-corrected chi connectivity index (χ0v) is 9.72. The Morgan fingerprint density at radius 2 is 2.24 bits per heavy atom. The number of benzene rings is 1. The van der Waals surface area contributed by atoms with Crippen LogP contribution < -0.4 is 5.32 Å². The average molecular weight is 235 g/mol. The van der Waals surface area contributed by atoms with E-state index in [1.54, 1.807) is 0 Å². The molecule has 1 amide bonds. The zero-order valence-electron chi connectivity index (χ0n) is 9.72. The fourth-order valence-corrected chi connectivity index (χ4v) is 1.75. The van der Waals surface area contributed by atoms with Crippen molar-refractivity contribution in [3.8, 4) is 0 Å². The van der Waals surface area contributed by atoms with Gasteiger partial charge in [0.2, 0.25) is 5.91 Å². The van der Waals surface area contributed by atoms with Gasteiger partial charge in [-0.2, -0.15) is 0 Å². The molecular weight excluding hydrogens is 218 g/mol. The van der Waals surface area contributed by atoms with Gasteiger partial charge in [0, 0.05) is 6.61 Å². The molecule has 1 saturated heterocycles. The van der Waals surface area contributed by atoms with Gasteiger partial charge in [-0.05, 0) is 18.4 Å². The summed E-state index contributed by atoms with van der Waals surface area (Å²) in [5, 5.41) is 2.78. The van der Waals surface area contributed by atoms with Crippen molar-refractivity contribution in [1.82, 2.24) is 5.32 Å². The molecule has 4 nitrogen and oxygen atoms in total. The van der Waals surface area contributed by atoms with Crippen molar-refractivity contribution in [2.45, 2.75) is 25.7 Å². The van der Waals surface area contributed by atoms with Gasteiger partial charge >= 0.3 is 0 Å². The van der Waals surface area contributed by atoms with Crippen LogP contribution >= 0.6 is 0 Å². The number of carbonyl (C=O) groups is 1. The summed E-state index contributed by atoms with van der Waals surface area (Å²) in [7, 11) is 0. The second-order valence-corrected chi connectivity index (χ2v) is 4.05. The molecule has 1 heterocycles. The molecule has 1 aliphatic heterocycles. The highest BCUT2D eigenvalue weighted by Crippen LogP contribution is 2.08. The van der Waals surface area contributed by atoms with Gasteiger partial charge < -0.3 is 14.8 Å². The van der Waals surface area contributed by atoms with Gasteiger partial charge in [-0.1, -0.05) is 30.3 Å². The molecule has 0 radical (unpaired) electrons. The third kappa shape index (κ3) is 4.17. The highest BCUT2D eigenvalue weighted by Gasteiger charge is 2.17. The number of rotatable bonds is 5. The third-order valence-electron chi connectivity index (χ3n) is 2.60. The highest BCUT2D eigenvalue weighted by molar-refractivity contribution is 5.77. The van der Waals surface area contributed by atoms with Gasteiger partial charge in [0.15, 0.2) is 0 Å². The van der Waals surface area contributed by atoms with Gasteiger partial charge in [-0.25, -0.2) is 0 Å². The minimum Gasteiger partial charge on any atom is -0.367 e. The summed E-state index contributed by atoms with van der Waals surface area (Å²) in [6.45, 7) is 1.27. The molecule has 0 bridgehead atoms. The Bertz CT molecular complexity index is 347. The van der Waals surface area contributed by atoms with Crippen LogP contribution in [0.2, 0.25) is 0 Å². The van der Waals surface area contributed by atoms with Gasteiger partial charge in [-0.3, -0.25) is 4.79 Å². The fraction of sp³-hybridized carbons (Fsp3) is 0.462. The van der Waals surface area contributed by atoms with E-state index in [0.29, 0.717) is 6.61 Å². The van der Waals surface area contributed by atoms with E-state index < -0.39 is 0 Å². The normalized spacial score (nSPS) is 19.2. The monoisotopic (exact) mass is 235 g/mol. The van der Waals surface area contributed by atoms with Gasteiger partial charge in [0.25, 0.3) is 0 Å². The van der Waals surface area contributed by atoms with Crippen molar-refractivity contribution >= 4 is 5.91 Å². The fourth-order valence-electron chi connectivity index (χ4n) is 1.75. The number of hydrogen-bond donors (Lipinski definition) is 1. The van der Waals surface area contributed by atoms with E-state index in [1.165, 1.54) is 0 Å². The number of nitrogens with one attached hydrogen (secondary N) is 1. The molecule has 92 valence electrons. The van der Waals surface area contributed by atoms with Crippen LogP contribution in [-0.2, 0) is 20.9 Å². The molecule has 0 spiro atoms. The molecule has 1 fully saturated rings. The third-order valence-corrected chi connectivity index (χ3v) is 2.60. The molecular formula is C13H17NO3. The van der Waals surface area contributed by atoms with E-state index >= 15 is 0 Å². The molecule has 1 aromatic carbocycles. The zero-order chi connectivity index (χ0) is 11.9. The van der Waals surface area contributed by atoms with Gasteiger partial charge in [-0.15, -0.1) is 0 Å². The standard InChI is InChI=1S/C13H17NO3/c15-12(14-13-7-4-8-17-13)10-16-9-11-5-2-1-3-6-11/h1-3,5-6,13H,4,7-10H2,(H,14,15). The summed E-state index contributed by atoms with van der Waals surface area (Å²) in [5.74, 6) is -0.118. The van der Waals surface area contributed by atoms with Crippen LogP contribution in [0.15, 0.2) is 30.3 Å². The Balaban J connectivity index is 1.63. The van der Waals surface area contributed by atoms with Crippen LogP contribution in [0, 0.1) is 0 Å². The SMILES string of the molecule is O=C(COCc1ccccc1)NC1CCCO1. The number of ether oxygens (including phenoxy) is 2. The average Bonchev–Trinajstić information content (AvgIpc) is 2.83. The Kier molecular flexibility index (Phi) is 4.53. The van der Waals surface area contributed by atoms with E-state index in [4.69, 9.17) is 9.47 Å². The van der Waals surface area contributed by atoms with Crippen molar-refractivity contribution in [2.24, 2.45) is 0 Å². The molecule has 1 aliphatic rings. The summed E-state index contributed by atoms with van der Waals surface area (Å²) in [6.07, 6.45) is 1.78. The van der Waals surface area contributed by atoms with E-state index in [-0.39, 0.29) is 18.7 Å². The Hall–Kier alpha value is -1.39. The summed E-state index contributed by atoms with van der Waals surface area (Å²) in [4.78, 5) is 11.5. The van der Waals surface area contributed by atoms with Crippen LogP contribution in [0.1, 0.15) is 18.4 Å². The maximum atomic E-state index is 11.5. The lowest BCUT2D eigenvalue weighted by Crippen LogP contribution is -2.36. The van der Waals surface area contributed by atoms with Crippen LogP contribution in [0.4, 0.5) is 0 Å². The molecule has 4 heteroatoms. The first-order chi connectivity index (χ1) is 8.34. The topological polar surface area (TPSA) is 47.6 Å². The largest absolute Gasteiger partial charge is 0.367 e. The Labute approximate surface area is 101 Å². The van der Waals surface area contributed by atoms with E-state index in [0.717, 1.165) is 25.0 Å². The number of hydrogen-bond acceptors (Lipinski definition) is 3.